The third-order valence-corrected chi connectivity index (χ3v) is 3.15. The number of aromatic nitrogens is 3. The summed E-state index contributed by atoms with van der Waals surface area (Å²) in [7, 11) is -1.46. The number of nitrogens with zero attached hydrogens (tertiary/aromatic N) is 3. The second kappa shape index (κ2) is 4.95. The predicted molar refractivity (Wildman–Crippen MR) is 74.6 cm³/mol. The van der Waals surface area contributed by atoms with Crippen molar-refractivity contribution in [1.82, 2.24) is 14.5 Å². The molecule has 0 saturated carbocycles. The van der Waals surface area contributed by atoms with Gasteiger partial charge < -0.3 is 19.7 Å². The van der Waals surface area contributed by atoms with Crippen LogP contribution in [-0.4, -0.2) is 36.8 Å². The van der Waals surface area contributed by atoms with Gasteiger partial charge >= 0.3 is 7.12 Å². The SMILES string of the molecule is OB(O)c1ccc(Cn2cnc3c(O)nccc32)cc1. The van der Waals surface area contributed by atoms with Crippen molar-refractivity contribution in [3.05, 3.63) is 48.4 Å². The van der Waals surface area contributed by atoms with Crippen molar-refractivity contribution in [1.29, 1.82) is 0 Å². The zero-order valence-corrected chi connectivity index (χ0v) is 10.5. The summed E-state index contributed by atoms with van der Waals surface area (Å²) in [6.45, 7) is 0.571. The van der Waals surface area contributed by atoms with Gasteiger partial charge in [0.1, 0.15) is 0 Å². The van der Waals surface area contributed by atoms with Gasteiger partial charge in [-0.15, -0.1) is 0 Å². The van der Waals surface area contributed by atoms with Crippen molar-refractivity contribution in [3.8, 4) is 5.88 Å². The van der Waals surface area contributed by atoms with Crippen LogP contribution in [0.1, 0.15) is 5.56 Å². The van der Waals surface area contributed by atoms with Crippen molar-refractivity contribution in [2.45, 2.75) is 6.54 Å². The number of hydrogen-bond acceptors (Lipinski definition) is 5. The monoisotopic (exact) mass is 269 g/mol. The Balaban J connectivity index is 1.91. The molecule has 3 aromatic rings. The summed E-state index contributed by atoms with van der Waals surface area (Å²) in [6.07, 6.45) is 3.17. The quantitative estimate of drug-likeness (QED) is 0.576. The number of imidazole rings is 1. The number of rotatable bonds is 3. The molecule has 0 bridgehead atoms. The molecule has 0 aliphatic rings. The molecule has 0 unspecified atom stereocenters. The summed E-state index contributed by atoms with van der Waals surface area (Å²) in [5.41, 5.74) is 2.70. The Morgan fingerprint density at radius 2 is 1.80 bits per heavy atom. The maximum atomic E-state index is 9.61. The lowest BCUT2D eigenvalue weighted by atomic mass is 9.80. The minimum absolute atomic E-state index is 0.0833. The second-order valence-electron chi connectivity index (χ2n) is 4.49. The number of benzene rings is 1. The fourth-order valence-electron chi connectivity index (χ4n) is 2.10. The first-order chi connectivity index (χ1) is 9.65. The van der Waals surface area contributed by atoms with Crippen LogP contribution < -0.4 is 5.46 Å². The summed E-state index contributed by atoms with van der Waals surface area (Å²) in [5.74, 6) is -0.0833. The van der Waals surface area contributed by atoms with Gasteiger partial charge in [-0.3, -0.25) is 0 Å². The molecule has 0 radical (unpaired) electrons. The molecule has 3 rings (SSSR count). The Morgan fingerprint density at radius 3 is 2.50 bits per heavy atom. The maximum Gasteiger partial charge on any atom is 0.488 e. The van der Waals surface area contributed by atoms with E-state index in [9.17, 15) is 5.11 Å². The highest BCUT2D eigenvalue weighted by molar-refractivity contribution is 6.58. The van der Waals surface area contributed by atoms with Gasteiger partial charge in [0.05, 0.1) is 11.8 Å². The van der Waals surface area contributed by atoms with E-state index >= 15 is 0 Å². The fourth-order valence-corrected chi connectivity index (χ4v) is 2.10. The third-order valence-electron chi connectivity index (χ3n) is 3.15. The molecule has 100 valence electrons. The first-order valence-corrected chi connectivity index (χ1v) is 6.09. The molecule has 6 nitrogen and oxygen atoms in total. The van der Waals surface area contributed by atoms with Crippen LogP contribution in [0.3, 0.4) is 0 Å². The molecule has 0 aliphatic heterocycles. The van der Waals surface area contributed by atoms with E-state index in [1.165, 1.54) is 6.20 Å². The van der Waals surface area contributed by atoms with Crippen molar-refractivity contribution < 1.29 is 15.2 Å². The van der Waals surface area contributed by atoms with Gasteiger partial charge in [-0.05, 0) is 17.1 Å². The highest BCUT2D eigenvalue weighted by atomic mass is 16.4. The van der Waals surface area contributed by atoms with Crippen molar-refractivity contribution in [2.75, 3.05) is 0 Å². The maximum absolute atomic E-state index is 9.61. The van der Waals surface area contributed by atoms with Crippen molar-refractivity contribution >= 4 is 23.6 Å². The molecule has 0 saturated heterocycles. The number of aromatic hydroxyl groups is 1. The smallest absolute Gasteiger partial charge is 0.488 e. The topological polar surface area (TPSA) is 91.4 Å². The molecule has 2 aromatic heterocycles. The largest absolute Gasteiger partial charge is 0.492 e. The Bertz CT molecular complexity index is 740. The first-order valence-electron chi connectivity index (χ1n) is 6.09. The number of pyridine rings is 1. The second-order valence-corrected chi connectivity index (χ2v) is 4.49. The molecule has 7 heteroatoms. The van der Waals surface area contributed by atoms with Crippen LogP contribution >= 0.6 is 0 Å². The van der Waals surface area contributed by atoms with Crippen LogP contribution in [-0.2, 0) is 6.54 Å². The van der Waals surface area contributed by atoms with Crippen LogP contribution in [0.5, 0.6) is 5.88 Å². The van der Waals surface area contributed by atoms with E-state index in [1.807, 2.05) is 16.7 Å². The van der Waals surface area contributed by atoms with E-state index in [-0.39, 0.29) is 5.88 Å². The number of fused-ring (bicyclic) bond motifs is 1. The molecular formula is C13H12BN3O3. The van der Waals surface area contributed by atoms with Crippen LogP contribution in [0.15, 0.2) is 42.9 Å². The van der Waals surface area contributed by atoms with Gasteiger partial charge in [0.25, 0.3) is 0 Å². The Hall–Kier alpha value is -2.38. The van der Waals surface area contributed by atoms with Crippen molar-refractivity contribution in [2.24, 2.45) is 0 Å². The van der Waals surface area contributed by atoms with E-state index in [0.717, 1.165) is 11.1 Å². The highest BCUT2D eigenvalue weighted by Gasteiger charge is 2.11. The fraction of sp³-hybridized carbons (Fsp3) is 0.0769. The lowest BCUT2D eigenvalue weighted by Crippen LogP contribution is -2.29. The average molecular weight is 269 g/mol. The van der Waals surface area contributed by atoms with E-state index in [2.05, 4.69) is 9.97 Å². The molecule has 0 aliphatic carbocycles. The molecular weight excluding hydrogens is 257 g/mol. The van der Waals surface area contributed by atoms with Gasteiger partial charge in [0, 0.05) is 12.7 Å². The van der Waals surface area contributed by atoms with Crippen LogP contribution in [0.2, 0.25) is 0 Å². The Kier molecular flexibility index (Phi) is 3.13. The summed E-state index contributed by atoms with van der Waals surface area (Å²) in [6, 6.07) is 8.76. The molecule has 3 N–H and O–H groups in total. The van der Waals surface area contributed by atoms with Crippen LogP contribution in [0.25, 0.3) is 11.0 Å². The molecule has 0 spiro atoms. The lowest BCUT2D eigenvalue weighted by Gasteiger charge is -2.06. The van der Waals surface area contributed by atoms with Gasteiger partial charge in [-0.1, -0.05) is 24.3 Å². The van der Waals surface area contributed by atoms with Gasteiger partial charge in [0.15, 0.2) is 5.52 Å². The highest BCUT2D eigenvalue weighted by Crippen LogP contribution is 2.20. The third kappa shape index (κ3) is 2.24. The summed E-state index contributed by atoms with van der Waals surface area (Å²) in [5, 5.41) is 27.7. The number of hydrogen-bond donors (Lipinski definition) is 3. The van der Waals surface area contributed by atoms with Crippen LogP contribution in [0.4, 0.5) is 0 Å². The van der Waals surface area contributed by atoms with Gasteiger partial charge in [-0.2, -0.15) is 0 Å². The van der Waals surface area contributed by atoms with Gasteiger partial charge in [-0.25, -0.2) is 9.97 Å². The molecule has 1 aromatic carbocycles. The summed E-state index contributed by atoms with van der Waals surface area (Å²) < 4.78 is 1.89. The van der Waals surface area contributed by atoms with Gasteiger partial charge in [0.2, 0.25) is 5.88 Å². The summed E-state index contributed by atoms with van der Waals surface area (Å²) in [4.78, 5) is 7.91. The minimum Gasteiger partial charge on any atom is -0.492 e. The zero-order chi connectivity index (χ0) is 14.1. The molecule has 0 fully saturated rings. The van der Waals surface area contributed by atoms with Crippen molar-refractivity contribution in [3.63, 3.8) is 0 Å². The Morgan fingerprint density at radius 1 is 1.05 bits per heavy atom. The first kappa shape index (κ1) is 12.6. The minimum atomic E-state index is -1.46. The van der Waals surface area contributed by atoms with E-state index in [1.54, 1.807) is 24.5 Å². The predicted octanol–water partition coefficient (Wildman–Crippen LogP) is -0.135. The van der Waals surface area contributed by atoms with E-state index < -0.39 is 7.12 Å². The standard InChI is InChI=1S/C13H12BN3O3/c18-13-12-11(5-6-15-13)17(8-16-12)7-9-1-3-10(4-2-9)14(19)20/h1-6,8,19-20H,7H2,(H,15,18). The Labute approximate surface area is 115 Å². The average Bonchev–Trinajstić information content (AvgIpc) is 2.84. The molecule has 0 amide bonds. The van der Waals surface area contributed by atoms with E-state index in [0.29, 0.717) is 17.5 Å². The molecule has 0 atom stereocenters. The molecule has 2 heterocycles. The zero-order valence-electron chi connectivity index (χ0n) is 10.5. The summed E-state index contributed by atoms with van der Waals surface area (Å²) >= 11 is 0. The lowest BCUT2D eigenvalue weighted by molar-refractivity contribution is 0.425. The molecule has 20 heavy (non-hydrogen) atoms. The normalized spacial score (nSPS) is 10.9. The van der Waals surface area contributed by atoms with E-state index in [4.69, 9.17) is 10.0 Å². The van der Waals surface area contributed by atoms with Crippen LogP contribution in [0, 0.1) is 0 Å².